The number of hydrogen-bond donors (Lipinski definition) is 2. The van der Waals surface area contributed by atoms with Crippen LogP contribution in [-0.4, -0.2) is 152 Å². The van der Waals surface area contributed by atoms with Crippen LogP contribution < -0.4 is 0 Å². The summed E-state index contributed by atoms with van der Waals surface area (Å²) >= 11 is 0. The van der Waals surface area contributed by atoms with E-state index in [4.69, 9.17) is 33.3 Å². The summed E-state index contributed by atoms with van der Waals surface area (Å²) < 4.78 is 35.4. The first-order chi connectivity index (χ1) is 33.6. The van der Waals surface area contributed by atoms with Gasteiger partial charge in [0.15, 0.2) is 11.6 Å². The van der Waals surface area contributed by atoms with Crippen molar-refractivity contribution in [2.45, 2.75) is 180 Å². The molecule has 2 saturated heterocycles. The Morgan fingerprint density at radius 2 is 1.61 bits per heavy atom. The molecule has 2 amide bonds. The minimum Gasteiger partial charge on any atom is -0.460 e. The molecule has 400 valence electrons. The summed E-state index contributed by atoms with van der Waals surface area (Å²) in [4.78, 5) is 89.8. The van der Waals surface area contributed by atoms with E-state index in [1.165, 1.54) is 26.2 Å². The van der Waals surface area contributed by atoms with Crippen molar-refractivity contribution in [3.05, 3.63) is 47.6 Å². The van der Waals surface area contributed by atoms with Crippen molar-refractivity contribution in [1.29, 1.82) is 0 Å². The fourth-order valence-electron chi connectivity index (χ4n) is 10.5. The third-order valence-corrected chi connectivity index (χ3v) is 15.2. The van der Waals surface area contributed by atoms with E-state index in [1.807, 2.05) is 58.1 Å². The zero-order valence-corrected chi connectivity index (χ0v) is 44.3. The molecule has 4 rings (SSSR count). The van der Waals surface area contributed by atoms with E-state index >= 15 is 0 Å². The van der Waals surface area contributed by atoms with Gasteiger partial charge in [0.05, 0.1) is 31.5 Å². The Labute approximate surface area is 421 Å². The summed E-state index contributed by atoms with van der Waals surface area (Å²) in [5.41, 5.74) is 1.16. The summed E-state index contributed by atoms with van der Waals surface area (Å²) in [6, 6.07) is -1.18. The second-order valence-corrected chi connectivity index (χ2v) is 20.6. The lowest BCUT2D eigenvalue weighted by molar-refractivity contribution is -0.265. The van der Waals surface area contributed by atoms with E-state index < -0.39 is 102 Å². The quantitative estimate of drug-likeness (QED) is 0.145. The molecule has 0 aromatic carbocycles. The maximum Gasteiger partial charge on any atom is 0.434 e. The molecule has 3 heterocycles. The van der Waals surface area contributed by atoms with Gasteiger partial charge in [-0.15, -0.1) is 0 Å². The number of Topliss-reactive ketones (excluding diaryl/α,β-unsaturated/α-hetero) is 3. The highest BCUT2D eigenvalue weighted by Crippen LogP contribution is 2.38. The van der Waals surface area contributed by atoms with Gasteiger partial charge in [-0.05, 0) is 107 Å². The molecule has 3 aliphatic heterocycles. The highest BCUT2D eigenvalue weighted by molar-refractivity contribution is 6.39. The van der Waals surface area contributed by atoms with E-state index in [9.17, 15) is 39.0 Å². The molecule has 17 nitrogen and oxygen atoms in total. The van der Waals surface area contributed by atoms with Crippen LogP contribution in [0.15, 0.2) is 47.6 Å². The summed E-state index contributed by atoms with van der Waals surface area (Å²) in [5.74, 6) is -8.31. The Morgan fingerprint density at radius 3 is 2.27 bits per heavy atom. The Hall–Kier alpha value is -4.10. The maximum absolute atomic E-state index is 14.5. The third-order valence-electron chi connectivity index (χ3n) is 15.2. The van der Waals surface area contributed by atoms with Crippen LogP contribution in [0.1, 0.15) is 126 Å². The normalized spacial score (nSPS) is 35.5. The topological polar surface area (TPSA) is 214 Å². The molecule has 3 fully saturated rings. The van der Waals surface area contributed by atoms with E-state index in [1.54, 1.807) is 41.1 Å². The van der Waals surface area contributed by atoms with E-state index in [0.717, 1.165) is 10.6 Å². The zero-order valence-electron chi connectivity index (χ0n) is 44.3. The van der Waals surface area contributed by atoms with Gasteiger partial charge in [-0.2, -0.15) is 5.06 Å². The lowest BCUT2D eigenvalue weighted by Crippen LogP contribution is -2.61. The van der Waals surface area contributed by atoms with Crippen LogP contribution in [-0.2, 0) is 57.2 Å². The number of hydroxylamine groups is 2. The van der Waals surface area contributed by atoms with Crippen LogP contribution in [0.4, 0.5) is 4.79 Å². The van der Waals surface area contributed by atoms with Crippen molar-refractivity contribution in [2.24, 2.45) is 35.5 Å². The van der Waals surface area contributed by atoms with Crippen molar-refractivity contribution in [3.8, 4) is 0 Å². The molecule has 2 bridgehead atoms. The fourth-order valence-corrected chi connectivity index (χ4v) is 10.5. The number of rotatable bonds is 8. The highest BCUT2D eigenvalue weighted by Gasteiger charge is 2.53. The van der Waals surface area contributed by atoms with Crippen molar-refractivity contribution in [3.63, 3.8) is 0 Å². The molecule has 0 aromatic heterocycles. The lowest BCUT2D eigenvalue weighted by atomic mass is 9.78. The number of carbonyl (C=O) groups is 6. The van der Waals surface area contributed by atoms with Crippen LogP contribution in [0.3, 0.4) is 0 Å². The van der Waals surface area contributed by atoms with Gasteiger partial charge in [0, 0.05) is 65.5 Å². The largest absolute Gasteiger partial charge is 0.460 e. The van der Waals surface area contributed by atoms with E-state index in [-0.39, 0.29) is 48.4 Å². The standard InChI is InChI=1S/C54H84N2O15/c1-32-18-14-13-15-19-33(2)44(65-9)30-40-23-21-38(7)54(64,71-40)50(60)51(61)56-25-17-16-20-41(56)52(62)69-45(31-42(57)34(3)27-37(6)48(59)49(67-11)47(58)36(5)26-32)35(4)28-39-22-24-43(46(29-39)66-10)70-53(63)55(8)68-12/h13-15,18-19,27,32,35-41,43-46,48-49,59,64H,16-17,20-26,28-31H2,1-12H3/t32-,35-,36?,37?,38-,39+,40+,41+,43-,44+,45?,46-,48-,49?,54-/m1/s1. The predicted molar refractivity (Wildman–Crippen MR) is 264 cm³/mol. The number of cyclic esters (lactones) is 1. The van der Waals surface area contributed by atoms with Crippen molar-refractivity contribution in [1.82, 2.24) is 9.96 Å². The monoisotopic (exact) mass is 1000 g/mol. The van der Waals surface area contributed by atoms with Crippen LogP contribution in [0.5, 0.6) is 0 Å². The number of esters is 1. The maximum atomic E-state index is 14.5. The van der Waals surface area contributed by atoms with Crippen molar-refractivity contribution in [2.75, 3.05) is 42.0 Å². The van der Waals surface area contributed by atoms with Gasteiger partial charge in [-0.25, -0.2) is 9.59 Å². The Bertz CT molecular complexity index is 1950. The number of piperidine rings is 1. The predicted octanol–water partition coefficient (Wildman–Crippen LogP) is 6.82. The second-order valence-electron chi connectivity index (χ2n) is 20.6. The smallest absolute Gasteiger partial charge is 0.434 e. The molecular formula is C54H84N2O15. The molecule has 0 radical (unpaired) electrons. The Kier molecular flexibility index (Phi) is 23.3. The number of methoxy groups -OCH3 is 3. The zero-order chi connectivity index (χ0) is 52.7. The molecule has 15 atom stereocenters. The third kappa shape index (κ3) is 15.9. The van der Waals surface area contributed by atoms with Crippen LogP contribution in [0.2, 0.25) is 0 Å². The minimum absolute atomic E-state index is 0.00661. The molecule has 1 aliphatic carbocycles. The average Bonchev–Trinajstić information content (AvgIpc) is 3.35. The molecule has 2 N–H and O–H groups in total. The molecule has 71 heavy (non-hydrogen) atoms. The number of fused-ring (bicyclic) bond motifs is 3. The number of aliphatic hydroxyl groups excluding tert-OH is 1. The van der Waals surface area contributed by atoms with E-state index in [0.29, 0.717) is 64.2 Å². The minimum atomic E-state index is -2.45. The van der Waals surface area contributed by atoms with E-state index in [2.05, 4.69) is 0 Å². The van der Waals surface area contributed by atoms with Gasteiger partial charge in [0.25, 0.3) is 11.7 Å². The summed E-state index contributed by atoms with van der Waals surface area (Å²) in [6.07, 6.45) is 9.93. The molecule has 4 unspecified atom stereocenters. The molecule has 0 spiro atoms. The molecule has 1 saturated carbocycles. The first-order valence-corrected chi connectivity index (χ1v) is 25.6. The number of hydrogen-bond acceptors (Lipinski definition) is 15. The Morgan fingerprint density at radius 1 is 0.887 bits per heavy atom. The van der Waals surface area contributed by atoms with Crippen LogP contribution >= 0.6 is 0 Å². The van der Waals surface area contributed by atoms with Gasteiger partial charge in [0.1, 0.15) is 24.4 Å². The van der Waals surface area contributed by atoms with Crippen molar-refractivity contribution < 1.29 is 72.2 Å². The summed E-state index contributed by atoms with van der Waals surface area (Å²) in [5, 5.41) is 24.5. The van der Waals surface area contributed by atoms with Crippen LogP contribution in [0, 0.1) is 35.5 Å². The average molecular weight is 1000 g/mol. The molecule has 4 aliphatic rings. The summed E-state index contributed by atoms with van der Waals surface area (Å²) in [6.45, 7) is 12.6. The number of carbonyl (C=O) groups excluding carboxylic acids is 6. The summed E-state index contributed by atoms with van der Waals surface area (Å²) in [7, 11) is 7.30. The van der Waals surface area contributed by atoms with Gasteiger partial charge in [-0.1, -0.05) is 71.1 Å². The first-order valence-electron chi connectivity index (χ1n) is 25.6. The fraction of sp³-hybridized carbons (Fsp3) is 0.741. The molecular weight excluding hydrogens is 917 g/mol. The molecule has 17 heteroatoms. The Balaban J connectivity index is 1.70. The number of allylic oxidation sites excluding steroid dienone is 6. The van der Waals surface area contributed by atoms with Crippen molar-refractivity contribution >= 4 is 35.3 Å². The number of nitrogens with zero attached hydrogens (tertiary/aromatic N) is 2. The SMILES string of the molecule is COC1C(=O)C(C)C[C@H](C)C=CC=CC=C(C)[C@@H](OC)C[C@@H]2CC[C@@H](C)[C@@](O)(O2)C(=O)C(=O)N2CCCC[C@H]2C(=O)OC([C@H](C)C[C@@H]2CC[C@@H](OC(=O)N(C)OC)[C@H](OC)C2)CC(=O)C(C)=CC(C)[C@H]1O. The number of ketones is 3. The number of ether oxygens (including phenoxy) is 6. The second kappa shape index (κ2) is 27.8. The van der Waals surface area contributed by atoms with Gasteiger partial charge < -0.3 is 43.5 Å². The van der Waals surface area contributed by atoms with Gasteiger partial charge in [-0.3, -0.25) is 24.0 Å². The molecule has 0 aromatic rings. The first kappa shape index (κ1) is 59.5. The number of amides is 2. The number of aliphatic hydroxyl groups is 2. The highest BCUT2D eigenvalue weighted by atomic mass is 16.7. The van der Waals surface area contributed by atoms with Gasteiger partial charge >= 0.3 is 12.1 Å². The lowest BCUT2D eigenvalue weighted by Gasteiger charge is -2.42. The van der Waals surface area contributed by atoms with Gasteiger partial charge in [0.2, 0.25) is 5.79 Å². The van der Waals surface area contributed by atoms with Crippen LogP contribution in [0.25, 0.3) is 0 Å².